The highest BCUT2D eigenvalue weighted by molar-refractivity contribution is 5.81. The van der Waals surface area contributed by atoms with Gasteiger partial charge in [0.15, 0.2) is 0 Å². The highest BCUT2D eigenvalue weighted by atomic mass is 19.1. The molecule has 162 valence electrons. The maximum atomic E-state index is 13.3. The number of nitrogens with zero attached hydrogens (tertiary/aromatic N) is 2. The minimum Gasteiger partial charge on any atom is -0.489 e. The normalized spacial score (nSPS) is 19.5. The van der Waals surface area contributed by atoms with Gasteiger partial charge in [0.05, 0.1) is 6.42 Å². The van der Waals surface area contributed by atoms with E-state index in [4.69, 9.17) is 9.84 Å². The Bertz CT molecular complexity index is 1000. The predicted octanol–water partition coefficient (Wildman–Crippen LogP) is 3.90. The molecule has 0 amide bonds. The molecular formula is C24H26FN3O3. The van der Waals surface area contributed by atoms with Crippen LogP contribution in [-0.2, 0) is 11.4 Å². The number of rotatable bonds is 7. The number of carboxylic acids is 1. The third kappa shape index (κ3) is 5.30. The summed E-state index contributed by atoms with van der Waals surface area (Å²) in [6.07, 6.45) is 2.74. The minimum absolute atomic E-state index is 0.00223. The number of carbonyl (C=O) groups is 1. The summed E-state index contributed by atoms with van der Waals surface area (Å²) in [4.78, 5) is 17.8. The van der Waals surface area contributed by atoms with Crippen LogP contribution in [0.2, 0.25) is 0 Å². The Kier molecular flexibility index (Phi) is 6.32. The van der Waals surface area contributed by atoms with Crippen LogP contribution in [0.3, 0.4) is 0 Å². The van der Waals surface area contributed by atoms with Gasteiger partial charge in [-0.05, 0) is 42.3 Å². The molecule has 6 nitrogen and oxygen atoms in total. The van der Waals surface area contributed by atoms with Gasteiger partial charge >= 0.3 is 5.97 Å². The van der Waals surface area contributed by atoms with Gasteiger partial charge in [0, 0.05) is 43.0 Å². The first-order chi connectivity index (χ1) is 15.0. The fourth-order valence-electron chi connectivity index (χ4n) is 3.93. The molecule has 31 heavy (non-hydrogen) atoms. The zero-order valence-electron chi connectivity index (χ0n) is 17.4. The molecule has 0 bridgehead atoms. The van der Waals surface area contributed by atoms with Crippen molar-refractivity contribution >= 4 is 12.2 Å². The maximum absolute atomic E-state index is 13.3. The van der Waals surface area contributed by atoms with Gasteiger partial charge in [-0.15, -0.1) is 0 Å². The predicted molar refractivity (Wildman–Crippen MR) is 116 cm³/mol. The van der Waals surface area contributed by atoms with Crippen LogP contribution in [0.5, 0.6) is 5.75 Å². The minimum atomic E-state index is -0.772. The number of benzene rings is 2. The van der Waals surface area contributed by atoms with Crippen molar-refractivity contribution in [3.05, 3.63) is 76.7 Å². The number of hydrogen-bond donors (Lipinski definition) is 2. The molecule has 0 fully saturated rings. The van der Waals surface area contributed by atoms with Gasteiger partial charge in [0.25, 0.3) is 0 Å². The lowest BCUT2D eigenvalue weighted by Crippen LogP contribution is -2.43. The van der Waals surface area contributed by atoms with Crippen LogP contribution in [0, 0.1) is 5.82 Å². The van der Waals surface area contributed by atoms with Gasteiger partial charge in [-0.1, -0.05) is 24.3 Å². The monoisotopic (exact) mass is 423 g/mol. The van der Waals surface area contributed by atoms with Crippen LogP contribution in [0.15, 0.2) is 64.8 Å². The summed E-state index contributed by atoms with van der Waals surface area (Å²) in [5.41, 5.74) is 4.11. The van der Waals surface area contributed by atoms with E-state index in [0.29, 0.717) is 18.9 Å². The van der Waals surface area contributed by atoms with Crippen molar-refractivity contribution in [2.75, 3.05) is 13.1 Å². The van der Waals surface area contributed by atoms with Crippen LogP contribution in [0.4, 0.5) is 4.39 Å². The average Bonchev–Trinajstić information content (AvgIpc) is 2.77. The smallest absolute Gasteiger partial charge is 0.304 e. The van der Waals surface area contributed by atoms with Gasteiger partial charge in [-0.3, -0.25) is 14.7 Å². The molecule has 0 aliphatic carbocycles. The van der Waals surface area contributed by atoms with Crippen molar-refractivity contribution in [2.45, 2.75) is 38.6 Å². The molecule has 0 spiro atoms. The molecule has 2 heterocycles. The van der Waals surface area contributed by atoms with E-state index in [1.165, 1.54) is 17.8 Å². The molecule has 2 aromatic rings. The molecule has 7 heteroatoms. The number of aliphatic imine (C=N–C) groups is 1. The summed E-state index contributed by atoms with van der Waals surface area (Å²) in [5.74, 6) is -0.326. The van der Waals surface area contributed by atoms with E-state index in [-0.39, 0.29) is 24.4 Å². The summed E-state index contributed by atoms with van der Waals surface area (Å²) < 4.78 is 19.0. The van der Waals surface area contributed by atoms with E-state index in [1.807, 2.05) is 43.5 Å². The number of nitrogens with one attached hydrogen (secondary N) is 1. The molecule has 0 saturated heterocycles. The number of halogens is 1. The van der Waals surface area contributed by atoms with E-state index in [1.54, 1.807) is 6.07 Å². The second-order valence-corrected chi connectivity index (χ2v) is 7.98. The quantitative estimate of drug-likeness (QED) is 0.707. The van der Waals surface area contributed by atoms with Crippen molar-refractivity contribution < 1.29 is 19.0 Å². The molecule has 0 saturated carbocycles. The lowest BCUT2D eigenvalue weighted by Gasteiger charge is -2.36. The van der Waals surface area contributed by atoms with Crippen LogP contribution in [0.1, 0.15) is 37.1 Å². The molecule has 2 aliphatic rings. The zero-order valence-corrected chi connectivity index (χ0v) is 17.4. The average molecular weight is 423 g/mol. The Morgan fingerprint density at radius 1 is 1.32 bits per heavy atom. The SMILES string of the molecule is CC(CC(=O)O)N1CCC2=C(C=NC(c3ccc(OCc4cccc(F)c4)cc3)N2)C1. The molecule has 0 radical (unpaired) electrons. The summed E-state index contributed by atoms with van der Waals surface area (Å²) in [6.45, 7) is 3.80. The van der Waals surface area contributed by atoms with E-state index < -0.39 is 5.97 Å². The van der Waals surface area contributed by atoms with Gasteiger partial charge in [0.1, 0.15) is 24.3 Å². The molecule has 2 aromatic carbocycles. The number of aliphatic carboxylic acids is 1. The first kappa shape index (κ1) is 21.1. The highest BCUT2D eigenvalue weighted by Crippen LogP contribution is 2.27. The lowest BCUT2D eigenvalue weighted by molar-refractivity contribution is -0.138. The van der Waals surface area contributed by atoms with Gasteiger partial charge in [-0.25, -0.2) is 4.39 Å². The Morgan fingerprint density at radius 3 is 2.87 bits per heavy atom. The molecule has 4 rings (SSSR count). The van der Waals surface area contributed by atoms with E-state index in [9.17, 15) is 9.18 Å². The Labute approximate surface area is 181 Å². The van der Waals surface area contributed by atoms with Crippen LogP contribution in [-0.4, -0.2) is 41.3 Å². The van der Waals surface area contributed by atoms with Crippen LogP contribution >= 0.6 is 0 Å². The van der Waals surface area contributed by atoms with Crippen LogP contribution in [0.25, 0.3) is 0 Å². The van der Waals surface area contributed by atoms with Crippen molar-refractivity contribution in [1.82, 2.24) is 10.2 Å². The molecule has 2 N–H and O–H groups in total. The van der Waals surface area contributed by atoms with E-state index in [2.05, 4.69) is 15.2 Å². The molecular weight excluding hydrogens is 397 g/mol. The second kappa shape index (κ2) is 9.31. The van der Waals surface area contributed by atoms with Crippen molar-refractivity contribution in [3.8, 4) is 5.75 Å². The summed E-state index contributed by atoms with van der Waals surface area (Å²) in [5, 5.41) is 12.5. The first-order valence-electron chi connectivity index (χ1n) is 10.4. The number of hydrogen-bond acceptors (Lipinski definition) is 5. The van der Waals surface area contributed by atoms with Crippen molar-refractivity contribution in [2.24, 2.45) is 4.99 Å². The lowest BCUT2D eigenvalue weighted by atomic mass is 10.0. The highest BCUT2D eigenvalue weighted by Gasteiger charge is 2.26. The fraction of sp³-hybridized carbons (Fsp3) is 0.333. The largest absolute Gasteiger partial charge is 0.489 e. The van der Waals surface area contributed by atoms with Gasteiger partial charge < -0.3 is 15.2 Å². The molecule has 2 aliphatic heterocycles. The topological polar surface area (TPSA) is 74.2 Å². The molecule has 2 unspecified atom stereocenters. The van der Waals surface area contributed by atoms with Crippen molar-refractivity contribution in [3.63, 3.8) is 0 Å². The Hall–Kier alpha value is -3.19. The number of carboxylic acid groups (broad SMARTS) is 1. The summed E-state index contributed by atoms with van der Waals surface area (Å²) in [6, 6.07) is 14.1. The molecule has 2 atom stereocenters. The van der Waals surface area contributed by atoms with E-state index >= 15 is 0 Å². The standard InChI is InChI=1S/C24H26FN3O3/c1-16(11-23(29)30)28-10-9-22-19(14-28)13-26-24(27-22)18-5-7-21(8-6-18)31-15-17-3-2-4-20(25)12-17/h2-8,12-13,16,24,27H,9-11,14-15H2,1H3,(H,29,30). The zero-order chi connectivity index (χ0) is 21.8. The van der Waals surface area contributed by atoms with Gasteiger partial charge in [-0.2, -0.15) is 0 Å². The third-order valence-corrected chi connectivity index (χ3v) is 5.68. The van der Waals surface area contributed by atoms with Gasteiger partial charge in [0.2, 0.25) is 0 Å². The molecule has 0 aromatic heterocycles. The van der Waals surface area contributed by atoms with Crippen molar-refractivity contribution in [1.29, 1.82) is 0 Å². The number of ether oxygens (including phenoxy) is 1. The Balaban J connectivity index is 1.34. The fourth-order valence-corrected chi connectivity index (χ4v) is 3.93. The maximum Gasteiger partial charge on any atom is 0.304 e. The first-order valence-corrected chi connectivity index (χ1v) is 10.4. The second-order valence-electron chi connectivity index (χ2n) is 7.98. The summed E-state index contributed by atoms with van der Waals surface area (Å²) >= 11 is 0. The summed E-state index contributed by atoms with van der Waals surface area (Å²) in [7, 11) is 0. The Morgan fingerprint density at radius 2 is 2.13 bits per heavy atom. The third-order valence-electron chi connectivity index (χ3n) is 5.68. The van der Waals surface area contributed by atoms with Crippen LogP contribution < -0.4 is 10.1 Å². The van der Waals surface area contributed by atoms with E-state index in [0.717, 1.165) is 29.7 Å².